The van der Waals surface area contributed by atoms with Gasteiger partial charge in [0.25, 0.3) is 0 Å². The molecule has 1 aliphatic carbocycles. The van der Waals surface area contributed by atoms with E-state index in [1.807, 2.05) is 24.3 Å². The van der Waals surface area contributed by atoms with Gasteiger partial charge in [0.05, 0.1) is 5.66 Å². The van der Waals surface area contributed by atoms with E-state index in [-0.39, 0.29) is 17.6 Å². The van der Waals surface area contributed by atoms with Crippen LogP contribution in [0.5, 0.6) is 0 Å². The molecule has 2 fully saturated rings. The van der Waals surface area contributed by atoms with Crippen molar-refractivity contribution in [1.29, 1.82) is 0 Å². The number of carbonyl (C=O) groups is 1. The van der Waals surface area contributed by atoms with Crippen molar-refractivity contribution in [2.24, 2.45) is 0 Å². The molecule has 3 nitrogen and oxygen atoms in total. The number of carbonyl (C=O) groups excluding carboxylic acids is 1. The Bertz CT molecular complexity index is 437. The van der Waals surface area contributed by atoms with Gasteiger partial charge >= 0.3 is 0 Å². The van der Waals surface area contributed by atoms with Crippen molar-refractivity contribution in [2.75, 3.05) is 0 Å². The van der Waals surface area contributed by atoms with Gasteiger partial charge in [-0.15, -0.1) is 0 Å². The fourth-order valence-corrected chi connectivity index (χ4v) is 2.95. The second kappa shape index (κ2) is 4.00. The maximum Gasteiger partial charge on any atom is 0.243 e. The van der Waals surface area contributed by atoms with Crippen molar-refractivity contribution in [3.8, 4) is 0 Å². The Morgan fingerprint density at radius 2 is 1.82 bits per heavy atom. The lowest BCUT2D eigenvalue weighted by Gasteiger charge is -2.23. The van der Waals surface area contributed by atoms with Gasteiger partial charge in [-0.2, -0.15) is 0 Å². The Labute approximate surface area is 106 Å². The molecule has 0 radical (unpaired) electrons. The van der Waals surface area contributed by atoms with Gasteiger partial charge in [-0.1, -0.05) is 23.7 Å². The molecule has 0 bridgehead atoms. The monoisotopic (exact) mass is 250 g/mol. The molecule has 1 aromatic carbocycles. The van der Waals surface area contributed by atoms with Gasteiger partial charge in [-0.3, -0.25) is 10.1 Å². The van der Waals surface area contributed by atoms with E-state index in [2.05, 4.69) is 10.6 Å². The van der Waals surface area contributed by atoms with Gasteiger partial charge in [0.2, 0.25) is 5.91 Å². The zero-order chi connectivity index (χ0) is 11.9. The maximum absolute atomic E-state index is 12.0. The molecule has 1 saturated heterocycles. The second-order valence-corrected chi connectivity index (χ2v) is 5.34. The van der Waals surface area contributed by atoms with Gasteiger partial charge in [0.15, 0.2) is 0 Å². The molecular formula is C13H15ClN2O. The van der Waals surface area contributed by atoms with Gasteiger partial charge in [0, 0.05) is 5.02 Å². The van der Waals surface area contributed by atoms with Crippen LogP contribution in [0.25, 0.3) is 0 Å². The third kappa shape index (κ3) is 1.94. The largest absolute Gasteiger partial charge is 0.336 e. The summed E-state index contributed by atoms with van der Waals surface area (Å²) in [5, 5.41) is 7.25. The molecule has 0 aromatic heterocycles. The standard InChI is InChI=1S/C13H15ClN2O/c14-10-5-3-9(4-6-10)11-12(17)16-13(15-11)7-1-2-8-13/h3-6,11,15H,1-2,7-8H2,(H,16,17). The van der Waals surface area contributed by atoms with Gasteiger partial charge < -0.3 is 5.32 Å². The Balaban J connectivity index is 1.85. The summed E-state index contributed by atoms with van der Waals surface area (Å²) < 4.78 is 0. The predicted octanol–water partition coefficient (Wildman–Crippen LogP) is 2.37. The number of hydrogen-bond acceptors (Lipinski definition) is 2. The van der Waals surface area contributed by atoms with Crippen LogP contribution in [0.2, 0.25) is 5.02 Å². The molecule has 1 saturated carbocycles. The highest BCUT2D eigenvalue weighted by Gasteiger charge is 2.45. The van der Waals surface area contributed by atoms with Crippen molar-refractivity contribution < 1.29 is 4.79 Å². The number of benzene rings is 1. The molecule has 2 aliphatic rings. The number of rotatable bonds is 1. The molecular weight excluding hydrogens is 236 g/mol. The van der Waals surface area contributed by atoms with Crippen LogP contribution in [-0.4, -0.2) is 11.6 Å². The zero-order valence-corrected chi connectivity index (χ0v) is 10.3. The molecule has 4 heteroatoms. The van der Waals surface area contributed by atoms with E-state index in [9.17, 15) is 4.79 Å². The normalized spacial score (nSPS) is 26.4. The quantitative estimate of drug-likeness (QED) is 0.804. The minimum atomic E-state index is -0.231. The molecule has 1 aromatic rings. The van der Waals surface area contributed by atoms with Gasteiger partial charge in [-0.25, -0.2) is 0 Å². The second-order valence-electron chi connectivity index (χ2n) is 4.91. The van der Waals surface area contributed by atoms with Crippen LogP contribution in [0.4, 0.5) is 0 Å². The first kappa shape index (κ1) is 11.1. The summed E-state index contributed by atoms with van der Waals surface area (Å²) in [6.07, 6.45) is 4.42. The number of halogens is 1. The highest BCUT2D eigenvalue weighted by atomic mass is 35.5. The predicted molar refractivity (Wildman–Crippen MR) is 66.7 cm³/mol. The third-order valence-electron chi connectivity index (χ3n) is 3.71. The van der Waals surface area contributed by atoms with Crippen LogP contribution in [-0.2, 0) is 4.79 Å². The fraction of sp³-hybridized carbons (Fsp3) is 0.462. The molecule has 17 heavy (non-hydrogen) atoms. The van der Waals surface area contributed by atoms with Gasteiger partial charge in [0.1, 0.15) is 6.04 Å². The average Bonchev–Trinajstić information content (AvgIpc) is 2.88. The Morgan fingerprint density at radius 3 is 2.47 bits per heavy atom. The molecule has 1 atom stereocenters. The zero-order valence-electron chi connectivity index (χ0n) is 9.50. The topological polar surface area (TPSA) is 41.1 Å². The molecule has 90 valence electrons. The van der Waals surface area contributed by atoms with Crippen molar-refractivity contribution >= 4 is 17.5 Å². The summed E-state index contributed by atoms with van der Waals surface area (Å²) in [4.78, 5) is 12.0. The summed E-state index contributed by atoms with van der Waals surface area (Å²) in [6.45, 7) is 0. The van der Waals surface area contributed by atoms with Crippen LogP contribution >= 0.6 is 11.6 Å². The van der Waals surface area contributed by atoms with Crippen LogP contribution in [0, 0.1) is 0 Å². The van der Waals surface area contributed by atoms with E-state index in [0.29, 0.717) is 5.02 Å². The van der Waals surface area contributed by atoms with E-state index >= 15 is 0 Å². The fourth-order valence-electron chi connectivity index (χ4n) is 2.82. The SMILES string of the molecule is O=C1NC2(CCCC2)NC1c1ccc(Cl)cc1. The molecule has 1 heterocycles. The van der Waals surface area contributed by atoms with E-state index in [0.717, 1.165) is 18.4 Å². The lowest BCUT2D eigenvalue weighted by molar-refractivity contribution is -0.121. The van der Waals surface area contributed by atoms with E-state index in [1.165, 1.54) is 12.8 Å². The first-order valence-corrected chi connectivity index (χ1v) is 6.42. The van der Waals surface area contributed by atoms with Crippen LogP contribution in [0.15, 0.2) is 24.3 Å². The molecule has 1 aliphatic heterocycles. The van der Waals surface area contributed by atoms with Crippen LogP contribution in [0.3, 0.4) is 0 Å². The summed E-state index contributed by atoms with van der Waals surface area (Å²) in [6, 6.07) is 7.24. The van der Waals surface area contributed by atoms with Crippen molar-refractivity contribution in [1.82, 2.24) is 10.6 Å². The van der Waals surface area contributed by atoms with E-state index < -0.39 is 0 Å². The summed E-state index contributed by atoms with van der Waals surface area (Å²) in [5.74, 6) is 0.0780. The van der Waals surface area contributed by atoms with Crippen LogP contribution in [0.1, 0.15) is 37.3 Å². The molecule has 1 spiro atoms. The van der Waals surface area contributed by atoms with Crippen LogP contribution < -0.4 is 10.6 Å². The van der Waals surface area contributed by atoms with Gasteiger partial charge in [-0.05, 0) is 43.4 Å². The third-order valence-corrected chi connectivity index (χ3v) is 3.96. The first-order valence-electron chi connectivity index (χ1n) is 6.04. The molecule has 1 unspecified atom stereocenters. The van der Waals surface area contributed by atoms with Crippen molar-refractivity contribution in [3.05, 3.63) is 34.9 Å². The maximum atomic E-state index is 12.0. The average molecular weight is 251 g/mol. The van der Waals surface area contributed by atoms with E-state index in [4.69, 9.17) is 11.6 Å². The summed E-state index contributed by atoms with van der Waals surface area (Å²) in [7, 11) is 0. The van der Waals surface area contributed by atoms with Crippen molar-refractivity contribution in [3.63, 3.8) is 0 Å². The Morgan fingerprint density at radius 1 is 1.18 bits per heavy atom. The highest BCUT2D eigenvalue weighted by Crippen LogP contribution is 2.34. The molecule has 2 N–H and O–H groups in total. The minimum absolute atomic E-state index is 0.0780. The number of nitrogens with one attached hydrogen (secondary N) is 2. The summed E-state index contributed by atoms with van der Waals surface area (Å²) >= 11 is 5.85. The van der Waals surface area contributed by atoms with E-state index in [1.54, 1.807) is 0 Å². The lowest BCUT2D eigenvalue weighted by Crippen LogP contribution is -2.46. The molecule has 3 rings (SSSR count). The number of hydrogen-bond donors (Lipinski definition) is 2. The lowest BCUT2D eigenvalue weighted by atomic mass is 10.1. The Hall–Kier alpha value is -1.06. The van der Waals surface area contributed by atoms with Crippen molar-refractivity contribution in [2.45, 2.75) is 37.4 Å². The first-order chi connectivity index (χ1) is 8.19. The number of amides is 1. The Kier molecular flexibility index (Phi) is 2.60. The smallest absolute Gasteiger partial charge is 0.243 e. The highest BCUT2D eigenvalue weighted by molar-refractivity contribution is 6.30. The minimum Gasteiger partial charge on any atom is -0.336 e. The molecule has 1 amide bonds. The summed E-state index contributed by atoms with van der Waals surface area (Å²) in [5.41, 5.74) is 0.831.